The molecule has 8 saturated heterocycles. The summed E-state index contributed by atoms with van der Waals surface area (Å²) in [4.78, 5) is 146. The van der Waals surface area contributed by atoms with Crippen molar-refractivity contribution in [3.8, 4) is 0 Å². The number of hydrogen-bond donors (Lipinski definition) is 8. The maximum absolute atomic E-state index is 12.0. The largest absolute Gasteiger partial charge is 0.779 e. The van der Waals surface area contributed by atoms with Crippen LogP contribution in [0.4, 0.5) is 42.4 Å². The first-order chi connectivity index (χ1) is 68.9. The van der Waals surface area contributed by atoms with Crippen molar-refractivity contribution < 1.29 is 132 Å². The highest BCUT2D eigenvalue weighted by Crippen LogP contribution is 2.51. The summed E-state index contributed by atoms with van der Waals surface area (Å²) in [6, 6.07) is 36.6. The molecule has 0 radical (unpaired) electrons. The lowest BCUT2D eigenvalue weighted by atomic mass is 10.1. The number of amides is 8. The topological polar surface area (TPSA) is 647 Å². The maximum Gasteiger partial charge on any atom is 0.320 e. The number of nitrogens with one attached hydrogen (secondary N) is 8. The van der Waals surface area contributed by atoms with E-state index < -0.39 is 178 Å². The lowest BCUT2D eigenvalue weighted by Gasteiger charge is -2.25. The summed E-state index contributed by atoms with van der Waals surface area (Å²) in [5, 5.41) is 21.2. The average Bonchev–Trinajstić information content (AvgIpc) is 1.61. The van der Waals surface area contributed by atoms with Gasteiger partial charge in [-0.3, -0.25) is 39.5 Å². The quantitative estimate of drug-likeness (QED) is 0.0220. The number of carbonyl (C=O) groups is 4. The Morgan fingerprint density at radius 2 is 0.566 bits per heavy atom. The summed E-state index contributed by atoms with van der Waals surface area (Å²) in [7, 11) is -15.9. The molecule has 8 aliphatic rings. The summed E-state index contributed by atoms with van der Waals surface area (Å²) < 4.78 is 148. The Hall–Kier alpha value is -11.7. The van der Waals surface area contributed by atoms with Crippen LogP contribution in [-0.4, -0.2) is 267 Å². The third-order valence-corrected chi connectivity index (χ3v) is 26.4. The number of urea groups is 4. The first-order valence-electron chi connectivity index (χ1n) is 45.5. The number of aromatic nitrogens is 16. The molecule has 16 heterocycles. The zero-order chi connectivity index (χ0) is 100. The summed E-state index contributed by atoms with van der Waals surface area (Å²) in [5.74, 6) is 0.948. The van der Waals surface area contributed by atoms with E-state index in [1.807, 2.05) is 121 Å². The number of ether oxygens (including phenoxy) is 12. The van der Waals surface area contributed by atoms with Gasteiger partial charge in [0.2, 0.25) is 0 Å². The Balaban J connectivity index is 0.000000131. The number of hydrogen-bond acceptors (Lipinski definition) is 40. The smallest absolute Gasteiger partial charge is 0.320 e. The van der Waals surface area contributed by atoms with E-state index in [1.165, 1.54) is 57.5 Å². The molecule has 8 aliphatic heterocycles. The Bertz CT molecular complexity index is 6430. The monoisotopic (exact) mass is 2050 g/mol. The Labute approximate surface area is 814 Å². The predicted octanol–water partition coefficient (Wildman–Crippen LogP) is 6.32. The fourth-order valence-corrected chi connectivity index (χ4v) is 18.7. The molecule has 52 nitrogen and oxygen atoms in total. The zero-order valence-electron chi connectivity index (χ0n) is 77.9. The molecular formula is C87H102N24O28P4-4. The van der Waals surface area contributed by atoms with Crippen molar-refractivity contribution in [1.82, 2.24) is 99.3 Å². The van der Waals surface area contributed by atoms with Gasteiger partial charge in [-0.05, 0) is 38.8 Å². The Morgan fingerprint density at radius 3 is 0.832 bits per heavy atom. The molecule has 0 aliphatic carbocycles. The second-order valence-electron chi connectivity index (χ2n) is 33.3. The number of nitrogens with zero attached hydrogens (tertiary/aromatic N) is 16. The molecule has 143 heavy (non-hydrogen) atoms. The normalized spacial score (nSPS) is 27.1. The van der Waals surface area contributed by atoms with Crippen LogP contribution >= 0.6 is 30.4 Å². The van der Waals surface area contributed by atoms with Crippen molar-refractivity contribution in [2.45, 2.75) is 171 Å². The molecule has 0 spiro atoms. The lowest BCUT2D eigenvalue weighted by Crippen LogP contribution is -2.32. The molecule has 8 amide bonds. The molecule has 8 fully saturated rings. The van der Waals surface area contributed by atoms with E-state index in [1.54, 1.807) is 46.0 Å². The fourth-order valence-electron chi connectivity index (χ4n) is 16.9. The van der Waals surface area contributed by atoms with Crippen LogP contribution in [0, 0.1) is 0 Å². The van der Waals surface area contributed by atoms with E-state index in [4.69, 9.17) is 74.9 Å². The minimum Gasteiger partial charge on any atom is -0.779 e. The molecule has 762 valence electrons. The van der Waals surface area contributed by atoms with E-state index in [-0.39, 0.29) is 55.9 Å². The number of carbonyl (C=O) groups excluding carboxylic acids is 4. The number of benzene rings is 4. The minimum absolute atomic E-state index is 0.129. The van der Waals surface area contributed by atoms with Gasteiger partial charge in [0.15, 0.2) is 118 Å². The first-order valence-corrected chi connectivity index (χ1v) is 53.2. The van der Waals surface area contributed by atoms with Gasteiger partial charge in [0.25, 0.3) is 0 Å². The van der Waals surface area contributed by atoms with Gasteiger partial charge in [-0.15, -0.1) is 0 Å². The van der Waals surface area contributed by atoms with Gasteiger partial charge >= 0.3 is 24.1 Å². The van der Waals surface area contributed by atoms with E-state index in [0.717, 1.165) is 42.2 Å². The van der Waals surface area contributed by atoms with Gasteiger partial charge in [-0.2, -0.15) is 0 Å². The van der Waals surface area contributed by atoms with Crippen LogP contribution < -0.4 is 62.1 Å². The van der Waals surface area contributed by atoms with Crippen molar-refractivity contribution in [1.29, 1.82) is 0 Å². The van der Waals surface area contributed by atoms with Crippen LogP contribution in [0.3, 0.4) is 0 Å². The van der Waals surface area contributed by atoms with Crippen LogP contribution in [0.25, 0.3) is 44.7 Å². The average molecular weight is 2060 g/mol. The van der Waals surface area contributed by atoms with E-state index in [2.05, 4.69) is 102 Å². The van der Waals surface area contributed by atoms with Crippen molar-refractivity contribution in [3.63, 3.8) is 0 Å². The Kier molecular flexibility index (Phi) is 32.5. The van der Waals surface area contributed by atoms with Crippen molar-refractivity contribution in [2.24, 2.45) is 0 Å². The van der Waals surface area contributed by atoms with Crippen LogP contribution in [0.2, 0.25) is 0 Å². The van der Waals surface area contributed by atoms with Crippen LogP contribution in [0.15, 0.2) is 172 Å². The molecule has 4 aromatic carbocycles. The van der Waals surface area contributed by atoms with Crippen LogP contribution in [-0.2, 0) is 106 Å². The fraction of sp³-hybridized carbons (Fsp3) is 0.448. The van der Waals surface area contributed by atoms with Crippen molar-refractivity contribution in [3.05, 3.63) is 194 Å². The van der Waals surface area contributed by atoms with Gasteiger partial charge in [0.05, 0.1) is 51.7 Å². The molecule has 12 aromatic rings. The molecule has 56 heteroatoms. The predicted molar refractivity (Wildman–Crippen MR) is 495 cm³/mol. The third kappa shape index (κ3) is 24.6. The van der Waals surface area contributed by atoms with Gasteiger partial charge in [-0.25, -0.2) is 79.0 Å². The second kappa shape index (κ2) is 45.3. The van der Waals surface area contributed by atoms with Gasteiger partial charge < -0.3 is 134 Å². The summed E-state index contributed by atoms with van der Waals surface area (Å²) >= 11 is 0. The molecule has 9 unspecified atom stereocenters. The van der Waals surface area contributed by atoms with Gasteiger partial charge in [0.1, 0.15) is 129 Å². The van der Waals surface area contributed by atoms with Crippen molar-refractivity contribution >= 4 is 122 Å². The molecule has 24 atom stereocenters. The molecule has 8 aromatic heterocycles. The highest BCUT2D eigenvalue weighted by molar-refractivity contribution is 7.51. The molecule has 20 rings (SSSR count). The summed E-state index contributed by atoms with van der Waals surface area (Å²) in [6.07, 6.45) is -0.882. The molecule has 0 saturated carbocycles. The van der Waals surface area contributed by atoms with E-state index >= 15 is 0 Å². The second-order valence-corrected chi connectivity index (χ2v) is 40.9. The molecule has 0 bridgehead atoms. The SMILES string of the molecule is CCNC(=O)Nc1ncnc2c1ncn2[C@@H]1O[C@H](COP(=O)([O-])CC)C2OC(Cc3ccccc3)O[C@@H]21.CCNC(=O)Nc1ncnc2c1ncn2[C@@H]1O[C@H](COP(C)(=O)[O-])C2O[C@@H](c3ccccc3)O[C@@H]21.CCNC(=O)Nc1ncnc2c1ncn2[C@@H]1O[C@H](COP(C)(=O)[O-])C2O[C@H](Cc3ccccc3)O[C@@H]21.CCNC(=O)Nc1ncnc2c1ncn2[C@@H]1O[C@H](COP(C)(=O)[O-])C2O[C@H](c3ccccc3)O[C@@H]21. The maximum atomic E-state index is 12.0. The minimum atomic E-state index is -3.99. The number of anilines is 4. The number of imidazole rings is 4. The Morgan fingerprint density at radius 1 is 0.322 bits per heavy atom. The summed E-state index contributed by atoms with van der Waals surface area (Å²) in [5.41, 5.74) is 6.75. The van der Waals surface area contributed by atoms with Crippen LogP contribution in [0.1, 0.15) is 94.4 Å². The first kappa shape index (κ1) is 103. The number of rotatable bonds is 31. The van der Waals surface area contributed by atoms with Gasteiger partial charge in [-0.1, -0.05) is 128 Å². The third-order valence-electron chi connectivity index (χ3n) is 23.2. The van der Waals surface area contributed by atoms with E-state index in [0.29, 0.717) is 83.7 Å². The zero-order valence-corrected chi connectivity index (χ0v) is 81.4. The molecule has 8 N–H and O–H groups in total. The number of fused-ring (bicyclic) bond motifs is 8. The highest BCUT2D eigenvalue weighted by Gasteiger charge is 2.59. The van der Waals surface area contributed by atoms with E-state index in [9.17, 15) is 57.0 Å². The summed E-state index contributed by atoms with van der Waals surface area (Å²) in [6.45, 7) is 12.6. The standard InChI is InChI=1S/C23H29N6O7P.C22H27N6O7P.2C21H25N6O7P/c1-3-24-23(30)28-20-17-21(26-12-25-20)29(13-27-17)22-19-18(15(34-22)11-33-37(31,32)4-2)35-16(36-19)10-14-8-6-5-7-9-14;1-3-23-22(29)27-19-16-20(25-11-24-19)28(12-26-16)21-18-17(14(33-21)10-32-36(2,30)31)34-15(35-18)9-13-7-5-4-6-8-13;2*1-3-22-21(28)26-17-14-18(24-10-23-17)27(11-25-14)19-16-15(13(32-19)9-31-35(2,29)30)33-20(34-16)12-7-5-4-6-8-12/h5-9,12-13,15-16,18-19,22H,3-4,10-11H2,1-2H3,(H,31,32)(H2,24,25,26,28,30);4-8,11-12,14-15,17-18,21H,3,9-10H2,1-2H3,(H,30,31)(H2,23,24,25,27,29);2*4-8,10-11,13,15-16,19-20H,3,9H2,1-2H3,(H,29,30)(H2,22,23,24,26,28)/p-4/t15-,16?,18?,19+,22-;14-,15+,17?,18+,21-;13-,15?,16+,19-,20+;13-,15?,16+,19-,20-/m1111/s1. The van der Waals surface area contributed by atoms with Crippen LogP contribution in [0.5, 0.6) is 0 Å². The highest BCUT2D eigenvalue weighted by atomic mass is 31.2. The van der Waals surface area contributed by atoms with Crippen molar-refractivity contribution in [2.75, 3.05) is 100 Å². The van der Waals surface area contributed by atoms with Gasteiger partial charge in [0, 0.05) is 76.3 Å². The molecular weight excluding hydrogens is 1950 g/mol. The lowest BCUT2D eigenvalue weighted by molar-refractivity contribution is -0.204.